The molecule has 2 aromatic rings. The monoisotopic (exact) mass is 286 g/mol. The van der Waals surface area contributed by atoms with E-state index in [4.69, 9.17) is 0 Å². The molecule has 1 aromatic heterocycles. The van der Waals surface area contributed by atoms with Gasteiger partial charge in [-0.1, -0.05) is 43.2 Å². The van der Waals surface area contributed by atoms with Crippen LogP contribution in [0.3, 0.4) is 0 Å². The molecule has 1 aromatic carbocycles. The first-order valence-corrected chi connectivity index (χ1v) is 7.89. The molecular weight excluding hydrogens is 268 g/mol. The van der Waals surface area contributed by atoms with Crippen LogP contribution in [0.25, 0.3) is 11.3 Å². The van der Waals surface area contributed by atoms with Crippen molar-refractivity contribution < 1.29 is 4.79 Å². The molecule has 1 heterocycles. The summed E-state index contributed by atoms with van der Waals surface area (Å²) in [6, 6.07) is 10.1. The van der Waals surface area contributed by atoms with Gasteiger partial charge in [-0.15, -0.1) is 11.3 Å². The highest BCUT2D eigenvalue weighted by Gasteiger charge is 2.23. The van der Waals surface area contributed by atoms with Gasteiger partial charge in [0.15, 0.2) is 5.13 Å². The van der Waals surface area contributed by atoms with Crippen LogP contribution in [0.15, 0.2) is 30.3 Å². The van der Waals surface area contributed by atoms with Crippen molar-refractivity contribution in [1.82, 2.24) is 4.98 Å². The van der Waals surface area contributed by atoms with E-state index in [-0.39, 0.29) is 11.8 Å². The summed E-state index contributed by atoms with van der Waals surface area (Å²) in [4.78, 5) is 17.8. The van der Waals surface area contributed by atoms with Gasteiger partial charge < -0.3 is 5.32 Å². The molecule has 0 saturated heterocycles. The molecule has 1 aliphatic carbocycles. The zero-order valence-electron chi connectivity index (χ0n) is 11.6. The number of anilines is 1. The number of thiazole rings is 1. The molecule has 0 aliphatic heterocycles. The van der Waals surface area contributed by atoms with E-state index in [9.17, 15) is 4.79 Å². The molecule has 0 atom stereocenters. The van der Waals surface area contributed by atoms with Crippen LogP contribution in [-0.4, -0.2) is 10.9 Å². The van der Waals surface area contributed by atoms with E-state index < -0.39 is 0 Å². The Morgan fingerprint density at radius 1 is 1.25 bits per heavy atom. The summed E-state index contributed by atoms with van der Waals surface area (Å²) in [5, 5.41) is 3.70. The summed E-state index contributed by atoms with van der Waals surface area (Å²) in [6.07, 6.45) is 4.37. The highest BCUT2D eigenvalue weighted by atomic mass is 32.1. The number of rotatable bonds is 3. The van der Waals surface area contributed by atoms with E-state index in [0.29, 0.717) is 0 Å². The van der Waals surface area contributed by atoms with E-state index >= 15 is 0 Å². The third-order valence-electron chi connectivity index (χ3n) is 3.80. The molecule has 1 N–H and O–H groups in total. The van der Waals surface area contributed by atoms with Crippen molar-refractivity contribution in [2.75, 3.05) is 5.32 Å². The summed E-state index contributed by atoms with van der Waals surface area (Å²) in [5.41, 5.74) is 2.07. The number of hydrogen-bond donors (Lipinski definition) is 1. The van der Waals surface area contributed by atoms with Gasteiger partial charge in [0.25, 0.3) is 0 Å². The Kier molecular flexibility index (Phi) is 3.83. The molecule has 0 unspecified atom stereocenters. The molecule has 104 valence electrons. The number of amides is 1. The van der Waals surface area contributed by atoms with E-state index in [1.807, 2.05) is 37.3 Å². The predicted octanol–water partition coefficient (Wildman–Crippen LogP) is 4.25. The van der Waals surface area contributed by atoms with Crippen LogP contribution in [0.4, 0.5) is 5.13 Å². The third kappa shape index (κ3) is 2.75. The molecule has 1 aliphatic rings. The lowest BCUT2D eigenvalue weighted by atomic mass is 10.1. The summed E-state index contributed by atoms with van der Waals surface area (Å²) >= 11 is 1.55. The summed E-state index contributed by atoms with van der Waals surface area (Å²) < 4.78 is 0. The molecule has 3 nitrogen and oxygen atoms in total. The first-order valence-electron chi connectivity index (χ1n) is 7.08. The Bertz CT molecular complexity index is 600. The highest BCUT2D eigenvalue weighted by Crippen LogP contribution is 2.31. The lowest BCUT2D eigenvalue weighted by Crippen LogP contribution is -2.20. The number of aryl methyl sites for hydroxylation is 1. The second-order valence-electron chi connectivity index (χ2n) is 5.26. The minimum absolute atomic E-state index is 0.135. The number of carbonyl (C=O) groups is 1. The highest BCUT2D eigenvalue weighted by molar-refractivity contribution is 7.16. The van der Waals surface area contributed by atoms with Crippen LogP contribution in [0.5, 0.6) is 0 Å². The molecule has 1 saturated carbocycles. The van der Waals surface area contributed by atoms with Crippen LogP contribution < -0.4 is 5.32 Å². The average Bonchev–Trinajstić information content (AvgIpc) is 3.09. The Morgan fingerprint density at radius 2 is 1.95 bits per heavy atom. The average molecular weight is 286 g/mol. The maximum absolute atomic E-state index is 12.1. The first-order chi connectivity index (χ1) is 9.74. The van der Waals surface area contributed by atoms with Gasteiger partial charge in [0.2, 0.25) is 5.91 Å². The number of nitrogens with one attached hydrogen (secondary N) is 1. The molecule has 0 radical (unpaired) electrons. The van der Waals surface area contributed by atoms with Crippen molar-refractivity contribution in [3.05, 3.63) is 35.2 Å². The third-order valence-corrected chi connectivity index (χ3v) is 4.69. The van der Waals surface area contributed by atoms with E-state index in [0.717, 1.165) is 34.1 Å². The van der Waals surface area contributed by atoms with Crippen LogP contribution in [0.2, 0.25) is 0 Å². The summed E-state index contributed by atoms with van der Waals surface area (Å²) in [7, 11) is 0. The molecule has 0 spiro atoms. The molecule has 0 bridgehead atoms. The molecule has 4 heteroatoms. The van der Waals surface area contributed by atoms with Crippen LogP contribution in [-0.2, 0) is 4.79 Å². The SMILES string of the molecule is Cc1sc(NC(=O)C2CCCC2)nc1-c1ccccc1. The summed E-state index contributed by atoms with van der Waals surface area (Å²) in [5.74, 6) is 0.315. The Morgan fingerprint density at radius 3 is 2.65 bits per heavy atom. The van der Waals surface area contributed by atoms with Crippen LogP contribution in [0, 0.1) is 12.8 Å². The minimum Gasteiger partial charge on any atom is -0.302 e. The van der Waals surface area contributed by atoms with Crippen LogP contribution in [0.1, 0.15) is 30.6 Å². The lowest BCUT2D eigenvalue weighted by Gasteiger charge is -2.07. The topological polar surface area (TPSA) is 42.0 Å². The Hall–Kier alpha value is -1.68. The van der Waals surface area contributed by atoms with Gasteiger partial charge >= 0.3 is 0 Å². The smallest absolute Gasteiger partial charge is 0.229 e. The van der Waals surface area contributed by atoms with Crippen molar-refractivity contribution >= 4 is 22.4 Å². The molecule has 3 rings (SSSR count). The zero-order chi connectivity index (χ0) is 13.9. The maximum Gasteiger partial charge on any atom is 0.229 e. The van der Waals surface area contributed by atoms with Gasteiger partial charge in [-0.25, -0.2) is 4.98 Å². The van der Waals surface area contributed by atoms with Crippen molar-refractivity contribution in [2.24, 2.45) is 5.92 Å². The number of benzene rings is 1. The van der Waals surface area contributed by atoms with Crippen molar-refractivity contribution in [3.8, 4) is 11.3 Å². The van der Waals surface area contributed by atoms with Crippen molar-refractivity contribution in [3.63, 3.8) is 0 Å². The molecule has 1 amide bonds. The van der Waals surface area contributed by atoms with E-state index in [1.54, 1.807) is 11.3 Å². The number of aromatic nitrogens is 1. The summed E-state index contributed by atoms with van der Waals surface area (Å²) in [6.45, 7) is 2.05. The quantitative estimate of drug-likeness (QED) is 0.916. The van der Waals surface area contributed by atoms with E-state index in [2.05, 4.69) is 10.3 Å². The standard InChI is InChI=1S/C16H18N2OS/c1-11-14(12-7-3-2-4-8-12)17-16(20-11)18-15(19)13-9-5-6-10-13/h2-4,7-8,13H,5-6,9-10H2,1H3,(H,17,18,19). The van der Waals surface area contributed by atoms with Gasteiger partial charge in [0.05, 0.1) is 5.69 Å². The predicted molar refractivity (Wildman–Crippen MR) is 82.9 cm³/mol. The number of hydrogen-bond acceptors (Lipinski definition) is 3. The molecule has 20 heavy (non-hydrogen) atoms. The first kappa shape index (κ1) is 13.3. The van der Waals surface area contributed by atoms with Crippen molar-refractivity contribution in [1.29, 1.82) is 0 Å². The fourth-order valence-corrected chi connectivity index (χ4v) is 3.55. The fraction of sp³-hybridized carbons (Fsp3) is 0.375. The largest absolute Gasteiger partial charge is 0.302 e. The van der Waals surface area contributed by atoms with Gasteiger partial charge in [0.1, 0.15) is 0 Å². The van der Waals surface area contributed by atoms with Crippen molar-refractivity contribution in [2.45, 2.75) is 32.6 Å². The number of nitrogens with zero attached hydrogens (tertiary/aromatic N) is 1. The Labute approximate surface area is 123 Å². The van der Waals surface area contributed by atoms with E-state index in [1.165, 1.54) is 12.8 Å². The minimum atomic E-state index is 0.135. The number of carbonyl (C=O) groups excluding carboxylic acids is 1. The molecule has 1 fully saturated rings. The Balaban J connectivity index is 1.77. The van der Waals surface area contributed by atoms with Gasteiger partial charge in [-0.3, -0.25) is 4.79 Å². The normalized spacial score (nSPS) is 15.4. The second-order valence-corrected chi connectivity index (χ2v) is 6.46. The van der Waals surface area contributed by atoms with Gasteiger partial charge in [-0.2, -0.15) is 0 Å². The van der Waals surface area contributed by atoms with Crippen LogP contribution >= 0.6 is 11.3 Å². The maximum atomic E-state index is 12.1. The fourth-order valence-electron chi connectivity index (χ4n) is 2.71. The zero-order valence-corrected chi connectivity index (χ0v) is 12.4. The second kappa shape index (κ2) is 5.75. The van der Waals surface area contributed by atoms with Gasteiger partial charge in [-0.05, 0) is 19.8 Å². The van der Waals surface area contributed by atoms with Gasteiger partial charge in [0, 0.05) is 16.4 Å². The lowest BCUT2D eigenvalue weighted by molar-refractivity contribution is -0.119. The molecular formula is C16H18N2OS.